The van der Waals surface area contributed by atoms with Gasteiger partial charge in [-0.25, -0.2) is 0 Å². The van der Waals surface area contributed by atoms with Crippen molar-refractivity contribution in [2.45, 2.75) is 20.0 Å². The fourth-order valence-corrected chi connectivity index (χ4v) is 1.50. The lowest BCUT2D eigenvalue weighted by Crippen LogP contribution is -2.24. The molecule has 1 aromatic rings. The van der Waals surface area contributed by atoms with Crippen LogP contribution in [0.1, 0.15) is 25.5 Å². The molecule has 0 amide bonds. The van der Waals surface area contributed by atoms with Crippen LogP contribution >= 0.6 is 12.4 Å². The molecule has 0 spiro atoms. The molecule has 0 heterocycles. The molecule has 2 N–H and O–H groups in total. The van der Waals surface area contributed by atoms with E-state index in [4.69, 9.17) is 4.74 Å². The van der Waals surface area contributed by atoms with Gasteiger partial charge < -0.3 is 15.2 Å². The van der Waals surface area contributed by atoms with Crippen LogP contribution in [0.3, 0.4) is 0 Å². The summed E-state index contributed by atoms with van der Waals surface area (Å²) in [6.07, 6.45) is -0.527. The van der Waals surface area contributed by atoms with Crippen molar-refractivity contribution in [2.24, 2.45) is 5.92 Å². The van der Waals surface area contributed by atoms with E-state index in [9.17, 15) is 5.11 Å². The second kappa shape index (κ2) is 10.3. The summed E-state index contributed by atoms with van der Waals surface area (Å²) in [6, 6.07) is 9.59. The Morgan fingerprint density at radius 3 is 2.50 bits per heavy atom. The highest BCUT2D eigenvalue weighted by atomic mass is 35.5. The first kappa shape index (κ1) is 17.4. The molecule has 1 aromatic carbocycles. The van der Waals surface area contributed by atoms with Gasteiger partial charge in [0.25, 0.3) is 0 Å². The number of nitrogens with one attached hydrogen (secondary N) is 1. The van der Waals surface area contributed by atoms with E-state index < -0.39 is 6.10 Å². The highest BCUT2D eigenvalue weighted by Gasteiger charge is 2.05. The van der Waals surface area contributed by atoms with E-state index in [1.807, 2.05) is 30.3 Å². The van der Waals surface area contributed by atoms with Gasteiger partial charge in [0, 0.05) is 6.54 Å². The van der Waals surface area contributed by atoms with Crippen LogP contribution in [-0.2, 0) is 4.74 Å². The highest BCUT2D eigenvalue weighted by Crippen LogP contribution is 2.11. The molecule has 0 saturated carbocycles. The minimum Gasteiger partial charge on any atom is -0.386 e. The van der Waals surface area contributed by atoms with Gasteiger partial charge in [0.1, 0.15) is 6.10 Å². The second-order valence-corrected chi connectivity index (χ2v) is 4.60. The van der Waals surface area contributed by atoms with Crippen LogP contribution in [0.25, 0.3) is 0 Å². The van der Waals surface area contributed by atoms with Crippen LogP contribution in [0, 0.1) is 5.92 Å². The first-order valence-electron chi connectivity index (χ1n) is 6.21. The van der Waals surface area contributed by atoms with Crippen molar-refractivity contribution in [3.8, 4) is 0 Å². The third-order valence-electron chi connectivity index (χ3n) is 2.44. The molecule has 1 atom stereocenters. The summed E-state index contributed by atoms with van der Waals surface area (Å²) in [7, 11) is 0. The van der Waals surface area contributed by atoms with E-state index in [1.54, 1.807) is 0 Å². The van der Waals surface area contributed by atoms with Crippen molar-refractivity contribution >= 4 is 12.4 Å². The van der Waals surface area contributed by atoms with Crippen molar-refractivity contribution < 1.29 is 9.84 Å². The molecule has 0 saturated heterocycles. The minimum absolute atomic E-state index is 0. The van der Waals surface area contributed by atoms with Gasteiger partial charge in [-0.1, -0.05) is 44.2 Å². The highest BCUT2D eigenvalue weighted by molar-refractivity contribution is 5.85. The maximum Gasteiger partial charge on any atom is 0.102 e. The molecule has 3 nitrogen and oxygen atoms in total. The molecular formula is C14H24ClNO2. The molecule has 0 aromatic heterocycles. The zero-order chi connectivity index (χ0) is 12.5. The maximum absolute atomic E-state index is 9.82. The molecule has 18 heavy (non-hydrogen) atoms. The van der Waals surface area contributed by atoms with E-state index in [-0.39, 0.29) is 12.4 Å². The predicted octanol–water partition coefficient (Wildman–Crippen LogP) is 2.40. The van der Waals surface area contributed by atoms with E-state index in [1.165, 1.54) is 0 Å². The largest absolute Gasteiger partial charge is 0.386 e. The standard InChI is InChI=1S/C14H23NO2.ClH/c1-12(2)10-15-8-9-17-11-14(16)13-6-4-3-5-7-13;/h3-7,12,14-16H,8-11H2,1-2H3;1H. The average molecular weight is 274 g/mol. The lowest BCUT2D eigenvalue weighted by Gasteiger charge is -2.12. The number of aliphatic hydroxyl groups is 1. The van der Waals surface area contributed by atoms with E-state index in [2.05, 4.69) is 19.2 Å². The summed E-state index contributed by atoms with van der Waals surface area (Å²) in [5.74, 6) is 0.657. The molecule has 0 aliphatic carbocycles. The summed E-state index contributed by atoms with van der Waals surface area (Å²) in [4.78, 5) is 0. The zero-order valence-electron chi connectivity index (χ0n) is 11.1. The van der Waals surface area contributed by atoms with Gasteiger partial charge in [0.05, 0.1) is 13.2 Å². The monoisotopic (exact) mass is 273 g/mol. The third kappa shape index (κ3) is 7.67. The predicted molar refractivity (Wildman–Crippen MR) is 77.2 cm³/mol. The van der Waals surface area contributed by atoms with Crippen molar-refractivity contribution in [1.29, 1.82) is 0 Å². The van der Waals surface area contributed by atoms with E-state index >= 15 is 0 Å². The zero-order valence-corrected chi connectivity index (χ0v) is 12.0. The SMILES string of the molecule is CC(C)CNCCOCC(O)c1ccccc1.Cl. The number of benzene rings is 1. The number of rotatable bonds is 8. The molecule has 0 bridgehead atoms. The Labute approximate surface area is 116 Å². The number of hydrogen-bond acceptors (Lipinski definition) is 3. The number of ether oxygens (including phenoxy) is 1. The fourth-order valence-electron chi connectivity index (χ4n) is 1.50. The summed E-state index contributed by atoms with van der Waals surface area (Å²) < 4.78 is 5.42. The summed E-state index contributed by atoms with van der Waals surface area (Å²) in [6.45, 7) is 7.17. The van der Waals surface area contributed by atoms with Crippen LogP contribution < -0.4 is 5.32 Å². The quantitative estimate of drug-likeness (QED) is 0.715. The van der Waals surface area contributed by atoms with Crippen molar-refractivity contribution in [3.05, 3.63) is 35.9 Å². The minimum atomic E-state index is -0.527. The number of halogens is 1. The second-order valence-electron chi connectivity index (χ2n) is 4.60. The van der Waals surface area contributed by atoms with Crippen molar-refractivity contribution in [2.75, 3.05) is 26.3 Å². The molecule has 0 radical (unpaired) electrons. The molecule has 1 rings (SSSR count). The normalized spacial score (nSPS) is 12.2. The van der Waals surface area contributed by atoms with Gasteiger partial charge in [-0.3, -0.25) is 0 Å². The van der Waals surface area contributed by atoms with Gasteiger partial charge in [-0.2, -0.15) is 0 Å². The molecule has 104 valence electrons. The van der Waals surface area contributed by atoms with Gasteiger partial charge in [-0.05, 0) is 18.0 Å². The Morgan fingerprint density at radius 1 is 1.22 bits per heavy atom. The molecule has 0 aliphatic rings. The van der Waals surface area contributed by atoms with Crippen LogP contribution in [0.4, 0.5) is 0 Å². The van der Waals surface area contributed by atoms with E-state index in [0.717, 1.165) is 18.7 Å². The third-order valence-corrected chi connectivity index (χ3v) is 2.44. The van der Waals surface area contributed by atoms with Crippen molar-refractivity contribution in [3.63, 3.8) is 0 Å². The smallest absolute Gasteiger partial charge is 0.102 e. The number of hydrogen-bond donors (Lipinski definition) is 2. The Morgan fingerprint density at radius 2 is 1.89 bits per heavy atom. The number of aliphatic hydroxyl groups excluding tert-OH is 1. The summed E-state index contributed by atoms with van der Waals surface area (Å²) in [5, 5.41) is 13.1. The first-order valence-corrected chi connectivity index (χ1v) is 6.21. The van der Waals surface area contributed by atoms with Gasteiger partial charge in [0.2, 0.25) is 0 Å². The lowest BCUT2D eigenvalue weighted by atomic mass is 10.1. The Balaban J connectivity index is 0.00000289. The summed E-state index contributed by atoms with van der Waals surface area (Å²) in [5.41, 5.74) is 0.905. The molecule has 4 heteroatoms. The Bertz CT molecular complexity index is 293. The average Bonchev–Trinajstić information content (AvgIpc) is 2.34. The molecule has 0 fully saturated rings. The van der Waals surface area contributed by atoms with Crippen LogP contribution in [0.2, 0.25) is 0 Å². The van der Waals surface area contributed by atoms with Gasteiger partial charge in [-0.15, -0.1) is 12.4 Å². The lowest BCUT2D eigenvalue weighted by molar-refractivity contribution is 0.0372. The van der Waals surface area contributed by atoms with Crippen LogP contribution in [0.5, 0.6) is 0 Å². The molecular weight excluding hydrogens is 250 g/mol. The summed E-state index contributed by atoms with van der Waals surface area (Å²) >= 11 is 0. The Kier molecular flexibility index (Phi) is 9.98. The Hall–Kier alpha value is -0.610. The maximum atomic E-state index is 9.82. The molecule has 0 aliphatic heterocycles. The van der Waals surface area contributed by atoms with Crippen molar-refractivity contribution in [1.82, 2.24) is 5.32 Å². The first-order chi connectivity index (χ1) is 8.20. The topological polar surface area (TPSA) is 41.5 Å². The van der Waals surface area contributed by atoms with Crippen LogP contribution in [-0.4, -0.2) is 31.4 Å². The van der Waals surface area contributed by atoms with Crippen LogP contribution in [0.15, 0.2) is 30.3 Å². The molecule has 1 unspecified atom stereocenters. The van der Waals surface area contributed by atoms with Gasteiger partial charge >= 0.3 is 0 Å². The fraction of sp³-hybridized carbons (Fsp3) is 0.571. The van der Waals surface area contributed by atoms with E-state index in [0.29, 0.717) is 19.1 Å². The van der Waals surface area contributed by atoms with Gasteiger partial charge in [0.15, 0.2) is 0 Å².